The van der Waals surface area contributed by atoms with Crippen LogP contribution in [0.5, 0.6) is 0 Å². The predicted molar refractivity (Wildman–Crippen MR) is 48.8 cm³/mol. The van der Waals surface area contributed by atoms with Crippen LogP contribution in [0.1, 0.15) is 17.2 Å². The molecule has 17 heavy (non-hydrogen) atoms. The van der Waals surface area contributed by atoms with Crippen molar-refractivity contribution in [1.82, 2.24) is 0 Å². The second-order valence-corrected chi connectivity index (χ2v) is 3.36. The van der Waals surface area contributed by atoms with Crippen LogP contribution in [0.3, 0.4) is 0 Å². The number of benzene rings is 1. The fourth-order valence-electron chi connectivity index (χ4n) is 1.21. The zero-order valence-electron chi connectivity index (χ0n) is 8.23. The normalized spacial score (nSPS) is 14.8. The Morgan fingerprint density at radius 1 is 1.00 bits per heavy atom. The molecule has 0 aliphatic rings. The minimum Gasteiger partial charge on any atom is -0.398 e. The molecule has 1 aromatic carbocycles. The molecule has 0 aliphatic heterocycles. The van der Waals surface area contributed by atoms with Crippen LogP contribution >= 0.6 is 0 Å². The van der Waals surface area contributed by atoms with Gasteiger partial charge in [-0.3, -0.25) is 0 Å². The number of anilines is 1. The molecule has 0 amide bonds. The SMILES string of the molecule is Nc1cc(C(F)(F)F)ccc1[C@H](N)C(F)(F)F. The van der Waals surface area contributed by atoms with Crippen molar-refractivity contribution in [1.29, 1.82) is 0 Å². The maximum absolute atomic E-state index is 12.2. The van der Waals surface area contributed by atoms with E-state index in [1.807, 2.05) is 0 Å². The third kappa shape index (κ3) is 3.02. The van der Waals surface area contributed by atoms with Crippen LogP contribution in [0.4, 0.5) is 32.0 Å². The van der Waals surface area contributed by atoms with Gasteiger partial charge in [0.1, 0.15) is 6.04 Å². The van der Waals surface area contributed by atoms with Crippen LogP contribution in [0, 0.1) is 0 Å². The quantitative estimate of drug-likeness (QED) is 0.601. The van der Waals surface area contributed by atoms with Gasteiger partial charge in [-0.15, -0.1) is 0 Å². The zero-order valence-corrected chi connectivity index (χ0v) is 8.23. The van der Waals surface area contributed by atoms with Crippen LogP contribution in [0.25, 0.3) is 0 Å². The lowest BCUT2D eigenvalue weighted by Gasteiger charge is -2.18. The van der Waals surface area contributed by atoms with Crippen LogP contribution in [0.15, 0.2) is 18.2 Å². The second-order valence-electron chi connectivity index (χ2n) is 3.36. The summed E-state index contributed by atoms with van der Waals surface area (Å²) in [7, 11) is 0. The molecule has 0 fully saturated rings. The molecule has 96 valence electrons. The Kier molecular flexibility index (Phi) is 3.28. The van der Waals surface area contributed by atoms with E-state index < -0.39 is 35.2 Å². The van der Waals surface area contributed by atoms with E-state index in [0.717, 1.165) is 0 Å². The highest BCUT2D eigenvalue weighted by Crippen LogP contribution is 2.36. The largest absolute Gasteiger partial charge is 0.416 e. The summed E-state index contributed by atoms with van der Waals surface area (Å²) < 4.78 is 73.4. The first-order chi connectivity index (χ1) is 7.53. The molecule has 0 aromatic heterocycles. The summed E-state index contributed by atoms with van der Waals surface area (Å²) in [5, 5.41) is 0. The molecule has 0 saturated carbocycles. The van der Waals surface area contributed by atoms with Gasteiger partial charge in [0.2, 0.25) is 0 Å². The fourth-order valence-corrected chi connectivity index (χ4v) is 1.21. The number of nitrogens with two attached hydrogens (primary N) is 2. The smallest absolute Gasteiger partial charge is 0.398 e. The Morgan fingerprint density at radius 2 is 1.53 bits per heavy atom. The van der Waals surface area contributed by atoms with Crippen molar-refractivity contribution in [2.24, 2.45) is 5.73 Å². The van der Waals surface area contributed by atoms with Gasteiger partial charge in [0.05, 0.1) is 5.56 Å². The van der Waals surface area contributed by atoms with E-state index in [1.165, 1.54) is 0 Å². The van der Waals surface area contributed by atoms with Gasteiger partial charge in [0.15, 0.2) is 0 Å². The molecule has 1 rings (SSSR count). The van der Waals surface area contributed by atoms with Crippen molar-refractivity contribution in [3.63, 3.8) is 0 Å². The molecule has 0 heterocycles. The molecule has 8 heteroatoms. The molecule has 0 saturated heterocycles. The van der Waals surface area contributed by atoms with Crippen LogP contribution in [-0.2, 0) is 6.18 Å². The van der Waals surface area contributed by atoms with Gasteiger partial charge >= 0.3 is 12.4 Å². The third-order valence-corrected chi connectivity index (χ3v) is 2.10. The molecule has 4 N–H and O–H groups in total. The maximum atomic E-state index is 12.2. The minimum absolute atomic E-state index is 0.431. The Hall–Kier alpha value is -1.44. The second kappa shape index (κ2) is 4.10. The number of hydrogen-bond donors (Lipinski definition) is 2. The van der Waals surface area contributed by atoms with Crippen molar-refractivity contribution in [2.45, 2.75) is 18.4 Å². The summed E-state index contributed by atoms with van der Waals surface area (Å²) in [6.07, 6.45) is -9.41. The molecule has 0 aliphatic carbocycles. The Morgan fingerprint density at radius 3 is 1.88 bits per heavy atom. The van der Waals surface area contributed by atoms with Crippen LogP contribution in [-0.4, -0.2) is 6.18 Å². The average Bonchev–Trinajstić information content (AvgIpc) is 2.13. The highest BCUT2D eigenvalue weighted by Gasteiger charge is 2.39. The summed E-state index contributed by atoms with van der Waals surface area (Å²) in [6, 6.07) is -0.820. The summed E-state index contributed by atoms with van der Waals surface area (Å²) in [4.78, 5) is 0. The van der Waals surface area contributed by atoms with Crippen molar-refractivity contribution < 1.29 is 26.3 Å². The first kappa shape index (κ1) is 13.6. The van der Waals surface area contributed by atoms with E-state index in [2.05, 4.69) is 0 Å². The minimum atomic E-state index is -4.76. The van der Waals surface area contributed by atoms with Crippen molar-refractivity contribution in [3.8, 4) is 0 Å². The highest BCUT2D eigenvalue weighted by molar-refractivity contribution is 5.51. The van der Waals surface area contributed by atoms with E-state index in [1.54, 1.807) is 0 Å². The number of rotatable bonds is 1. The lowest BCUT2D eigenvalue weighted by atomic mass is 10.0. The van der Waals surface area contributed by atoms with Crippen molar-refractivity contribution in [2.75, 3.05) is 5.73 Å². The summed E-state index contributed by atoms with van der Waals surface area (Å²) in [6.45, 7) is 0. The van der Waals surface area contributed by atoms with E-state index in [4.69, 9.17) is 11.5 Å². The van der Waals surface area contributed by atoms with Gasteiger partial charge in [-0.05, 0) is 12.1 Å². The molecular formula is C9H8F6N2. The number of nitrogen functional groups attached to an aromatic ring is 1. The topological polar surface area (TPSA) is 52.0 Å². The standard InChI is InChI=1S/C9H8F6N2/c10-8(11,12)4-1-2-5(6(16)3-4)7(17)9(13,14)15/h1-3,7H,16-17H2/t7-/m0/s1. The maximum Gasteiger partial charge on any atom is 0.416 e. The number of hydrogen-bond acceptors (Lipinski definition) is 2. The monoisotopic (exact) mass is 258 g/mol. The Balaban J connectivity index is 3.15. The third-order valence-electron chi connectivity index (χ3n) is 2.10. The predicted octanol–water partition coefficient (Wildman–Crippen LogP) is 2.85. The van der Waals surface area contributed by atoms with Gasteiger partial charge in [-0.1, -0.05) is 6.07 Å². The molecule has 0 spiro atoms. The summed E-state index contributed by atoms with van der Waals surface area (Å²) >= 11 is 0. The first-order valence-corrected chi connectivity index (χ1v) is 4.32. The van der Waals surface area contributed by atoms with Crippen LogP contribution in [0.2, 0.25) is 0 Å². The fraction of sp³-hybridized carbons (Fsp3) is 0.333. The van der Waals surface area contributed by atoms with Gasteiger partial charge < -0.3 is 11.5 Å². The number of halogens is 6. The Bertz CT molecular complexity index is 409. The van der Waals surface area contributed by atoms with Gasteiger partial charge in [-0.25, -0.2) is 0 Å². The van der Waals surface area contributed by atoms with Gasteiger partial charge in [0.25, 0.3) is 0 Å². The van der Waals surface area contributed by atoms with Crippen molar-refractivity contribution >= 4 is 5.69 Å². The molecule has 0 radical (unpaired) electrons. The van der Waals surface area contributed by atoms with E-state index in [-0.39, 0.29) is 0 Å². The van der Waals surface area contributed by atoms with Gasteiger partial charge in [0, 0.05) is 11.3 Å². The van der Waals surface area contributed by atoms with Crippen molar-refractivity contribution in [3.05, 3.63) is 29.3 Å². The van der Waals surface area contributed by atoms with Crippen LogP contribution < -0.4 is 11.5 Å². The molecular weight excluding hydrogens is 250 g/mol. The lowest BCUT2D eigenvalue weighted by Crippen LogP contribution is -2.29. The average molecular weight is 258 g/mol. The molecule has 1 atom stereocenters. The van der Waals surface area contributed by atoms with E-state index in [9.17, 15) is 26.3 Å². The molecule has 0 unspecified atom stereocenters. The first-order valence-electron chi connectivity index (χ1n) is 4.32. The Labute approximate surface area is 92.2 Å². The van der Waals surface area contributed by atoms with E-state index >= 15 is 0 Å². The molecule has 2 nitrogen and oxygen atoms in total. The zero-order chi connectivity index (χ0) is 13.4. The summed E-state index contributed by atoms with van der Waals surface area (Å²) in [5.41, 5.74) is 7.65. The molecule has 0 bridgehead atoms. The lowest BCUT2D eigenvalue weighted by molar-refractivity contribution is -0.149. The van der Waals surface area contributed by atoms with E-state index in [0.29, 0.717) is 18.2 Å². The van der Waals surface area contributed by atoms with Gasteiger partial charge in [-0.2, -0.15) is 26.3 Å². The molecule has 1 aromatic rings. The highest BCUT2D eigenvalue weighted by atomic mass is 19.4. The summed E-state index contributed by atoms with van der Waals surface area (Å²) in [5.74, 6) is 0. The number of alkyl halides is 6.